The zero-order valence-electron chi connectivity index (χ0n) is 10.1. The van der Waals surface area contributed by atoms with Crippen molar-refractivity contribution in [2.75, 3.05) is 13.6 Å². The summed E-state index contributed by atoms with van der Waals surface area (Å²) in [6, 6.07) is 0.630. The quantitative estimate of drug-likeness (QED) is 0.793. The molecule has 1 aromatic heterocycles. The highest BCUT2D eigenvalue weighted by Gasteiger charge is 2.13. The maximum atomic E-state index is 6.11. The molecular weight excluding hydrogens is 188 g/mol. The van der Waals surface area contributed by atoms with E-state index >= 15 is 0 Å². The van der Waals surface area contributed by atoms with Crippen LogP contribution in [-0.4, -0.2) is 34.3 Å². The molecule has 0 aromatic carbocycles. The molecule has 4 heteroatoms. The van der Waals surface area contributed by atoms with E-state index in [-0.39, 0.29) is 6.04 Å². The topological polar surface area (TPSA) is 47.1 Å². The second-order valence-corrected chi connectivity index (χ2v) is 4.25. The summed E-state index contributed by atoms with van der Waals surface area (Å²) in [4.78, 5) is 2.29. The molecule has 0 saturated carbocycles. The highest BCUT2D eigenvalue weighted by atomic mass is 15.2. The van der Waals surface area contributed by atoms with Gasteiger partial charge in [-0.2, -0.15) is 5.10 Å². The van der Waals surface area contributed by atoms with E-state index in [9.17, 15) is 0 Å². The molecule has 0 saturated heterocycles. The lowest BCUT2D eigenvalue weighted by molar-refractivity contribution is 0.237. The van der Waals surface area contributed by atoms with Gasteiger partial charge in [-0.15, -0.1) is 0 Å². The first kappa shape index (κ1) is 12.2. The van der Waals surface area contributed by atoms with E-state index in [0.29, 0.717) is 6.04 Å². The van der Waals surface area contributed by atoms with Crippen LogP contribution in [0.2, 0.25) is 0 Å². The molecule has 2 unspecified atom stereocenters. The smallest absolute Gasteiger partial charge is 0.0537 e. The summed E-state index contributed by atoms with van der Waals surface area (Å²) in [6.07, 6.45) is 4.97. The second kappa shape index (κ2) is 5.28. The van der Waals surface area contributed by atoms with E-state index < -0.39 is 0 Å². The molecule has 1 heterocycles. The average molecular weight is 210 g/mol. The van der Waals surface area contributed by atoms with Gasteiger partial charge in [0.25, 0.3) is 0 Å². The van der Waals surface area contributed by atoms with Crippen LogP contribution in [-0.2, 0) is 7.05 Å². The van der Waals surface area contributed by atoms with Gasteiger partial charge in [0.2, 0.25) is 0 Å². The van der Waals surface area contributed by atoms with Crippen molar-refractivity contribution in [2.45, 2.75) is 32.4 Å². The molecule has 4 nitrogen and oxygen atoms in total. The molecule has 15 heavy (non-hydrogen) atoms. The number of nitrogens with two attached hydrogens (primary N) is 1. The summed E-state index contributed by atoms with van der Waals surface area (Å²) in [5.41, 5.74) is 7.21. The lowest BCUT2D eigenvalue weighted by Gasteiger charge is -2.26. The molecule has 1 aromatic rings. The molecule has 0 bridgehead atoms. The average Bonchev–Trinajstić information content (AvgIpc) is 2.63. The maximum absolute atomic E-state index is 6.11. The van der Waals surface area contributed by atoms with Crippen LogP contribution < -0.4 is 5.73 Å². The van der Waals surface area contributed by atoms with Gasteiger partial charge in [0.1, 0.15) is 0 Å². The molecule has 0 aliphatic heterocycles. The molecular formula is C11H22N4. The van der Waals surface area contributed by atoms with Gasteiger partial charge < -0.3 is 10.6 Å². The van der Waals surface area contributed by atoms with E-state index in [1.54, 1.807) is 4.68 Å². The number of aryl methyl sites for hydroxylation is 1. The largest absolute Gasteiger partial charge is 0.323 e. The van der Waals surface area contributed by atoms with Crippen LogP contribution in [0.4, 0.5) is 0 Å². The fourth-order valence-corrected chi connectivity index (χ4v) is 1.54. The Bertz CT molecular complexity index is 295. The number of nitrogens with zero attached hydrogens (tertiary/aromatic N) is 3. The fraction of sp³-hybridized carbons (Fsp3) is 0.727. The first-order chi connectivity index (χ1) is 7.04. The Hall–Kier alpha value is -0.870. The lowest BCUT2D eigenvalue weighted by atomic mass is 10.1. The van der Waals surface area contributed by atoms with E-state index in [0.717, 1.165) is 18.5 Å². The van der Waals surface area contributed by atoms with Crippen molar-refractivity contribution in [3.8, 4) is 0 Å². The molecule has 2 N–H and O–H groups in total. The third kappa shape index (κ3) is 3.32. The van der Waals surface area contributed by atoms with Crippen LogP contribution in [0, 0.1) is 0 Å². The van der Waals surface area contributed by atoms with Crippen LogP contribution in [0.5, 0.6) is 0 Å². The number of likely N-dealkylation sites (N-methyl/N-ethyl adjacent to an activating group) is 1. The van der Waals surface area contributed by atoms with Crippen LogP contribution >= 0.6 is 0 Å². The van der Waals surface area contributed by atoms with E-state index in [1.165, 1.54) is 0 Å². The van der Waals surface area contributed by atoms with Crippen molar-refractivity contribution in [1.29, 1.82) is 0 Å². The van der Waals surface area contributed by atoms with Gasteiger partial charge in [0.05, 0.1) is 6.20 Å². The number of hydrogen-bond donors (Lipinski definition) is 1. The van der Waals surface area contributed by atoms with E-state index in [4.69, 9.17) is 5.73 Å². The Labute approximate surface area is 92.1 Å². The first-order valence-electron chi connectivity index (χ1n) is 5.49. The molecule has 0 fully saturated rings. The zero-order chi connectivity index (χ0) is 11.4. The number of hydrogen-bond acceptors (Lipinski definition) is 3. The Kier molecular flexibility index (Phi) is 4.29. The number of aromatic nitrogens is 2. The molecule has 0 radical (unpaired) electrons. The third-order valence-electron chi connectivity index (χ3n) is 2.98. The predicted molar refractivity (Wildman–Crippen MR) is 62.5 cm³/mol. The first-order valence-corrected chi connectivity index (χ1v) is 5.49. The van der Waals surface area contributed by atoms with Crippen molar-refractivity contribution >= 4 is 0 Å². The summed E-state index contributed by atoms with van der Waals surface area (Å²) < 4.78 is 1.79. The van der Waals surface area contributed by atoms with Crippen LogP contribution in [0.15, 0.2) is 12.4 Å². The van der Waals surface area contributed by atoms with E-state index in [1.807, 2.05) is 19.4 Å². The van der Waals surface area contributed by atoms with Crippen LogP contribution in [0.1, 0.15) is 31.9 Å². The third-order valence-corrected chi connectivity index (χ3v) is 2.98. The van der Waals surface area contributed by atoms with Crippen molar-refractivity contribution in [3.05, 3.63) is 18.0 Å². The van der Waals surface area contributed by atoms with Crippen molar-refractivity contribution in [3.63, 3.8) is 0 Å². The summed E-state index contributed by atoms with van der Waals surface area (Å²) in [7, 11) is 4.03. The Morgan fingerprint density at radius 1 is 1.60 bits per heavy atom. The minimum absolute atomic E-state index is 0.0534. The van der Waals surface area contributed by atoms with Gasteiger partial charge in [-0.3, -0.25) is 4.68 Å². The Balaban J connectivity index is 2.52. The van der Waals surface area contributed by atoms with Gasteiger partial charge in [0.15, 0.2) is 0 Å². The monoisotopic (exact) mass is 210 g/mol. The standard InChI is InChI=1S/C11H22N4/c1-5-9(2)14(3)8-11(12)10-6-13-15(4)7-10/h6-7,9,11H,5,8,12H2,1-4H3. The van der Waals surface area contributed by atoms with Gasteiger partial charge in [-0.25, -0.2) is 0 Å². The summed E-state index contributed by atoms with van der Waals surface area (Å²) in [6.45, 7) is 5.29. The molecule has 0 amide bonds. The Morgan fingerprint density at radius 2 is 2.27 bits per heavy atom. The van der Waals surface area contributed by atoms with E-state index in [2.05, 4.69) is 30.9 Å². The van der Waals surface area contributed by atoms with Crippen molar-refractivity contribution < 1.29 is 0 Å². The van der Waals surface area contributed by atoms with Gasteiger partial charge in [-0.1, -0.05) is 6.92 Å². The van der Waals surface area contributed by atoms with Crippen molar-refractivity contribution in [2.24, 2.45) is 12.8 Å². The molecule has 0 aliphatic carbocycles. The molecule has 2 atom stereocenters. The lowest BCUT2D eigenvalue weighted by Crippen LogP contribution is -2.35. The van der Waals surface area contributed by atoms with Crippen molar-refractivity contribution in [1.82, 2.24) is 14.7 Å². The summed E-state index contributed by atoms with van der Waals surface area (Å²) in [5, 5.41) is 4.13. The predicted octanol–water partition coefficient (Wildman–Crippen LogP) is 1.15. The van der Waals surface area contributed by atoms with Gasteiger partial charge in [0, 0.05) is 37.4 Å². The van der Waals surface area contributed by atoms with Gasteiger partial charge >= 0.3 is 0 Å². The molecule has 0 spiro atoms. The van der Waals surface area contributed by atoms with Crippen LogP contribution in [0.3, 0.4) is 0 Å². The minimum atomic E-state index is 0.0534. The zero-order valence-corrected chi connectivity index (χ0v) is 10.1. The molecule has 0 aliphatic rings. The maximum Gasteiger partial charge on any atom is 0.0537 e. The SMILES string of the molecule is CCC(C)N(C)CC(N)c1cnn(C)c1. The second-order valence-electron chi connectivity index (χ2n) is 4.25. The highest BCUT2D eigenvalue weighted by molar-refractivity contribution is 5.09. The summed E-state index contributed by atoms with van der Waals surface area (Å²) >= 11 is 0. The van der Waals surface area contributed by atoms with Gasteiger partial charge in [-0.05, 0) is 20.4 Å². The van der Waals surface area contributed by atoms with Crippen LogP contribution in [0.25, 0.3) is 0 Å². The Morgan fingerprint density at radius 3 is 2.73 bits per heavy atom. The minimum Gasteiger partial charge on any atom is -0.323 e. The highest BCUT2D eigenvalue weighted by Crippen LogP contribution is 2.11. The normalized spacial score (nSPS) is 15.6. The fourth-order valence-electron chi connectivity index (χ4n) is 1.54. The molecule has 1 rings (SSSR count). The summed E-state index contributed by atoms with van der Waals surface area (Å²) in [5.74, 6) is 0. The number of rotatable bonds is 5. The molecule has 86 valence electrons.